The lowest BCUT2D eigenvalue weighted by atomic mass is 10.3. The largest absolute Gasteiger partial charge is 0.493 e. The van der Waals surface area contributed by atoms with Gasteiger partial charge in [-0.25, -0.2) is 4.57 Å². The Bertz CT molecular complexity index is 570. The van der Waals surface area contributed by atoms with Gasteiger partial charge in [0.15, 0.2) is 0 Å². The van der Waals surface area contributed by atoms with Crippen LogP contribution in [0.15, 0.2) is 36.4 Å². The first-order valence-corrected chi connectivity index (χ1v) is 10.2. The summed E-state index contributed by atoms with van der Waals surface area (Å²) in [6.07, 6.45) is 2.98. The maximum atomic E-state index is 10.5. The Labute approximate surface area is 155 Å². The number of unbranched alkanes of at least 4 members (excludes halogenated alkanes) is 2. The van der Waals surface area contributed by atoms with Gasteiger partial charge in [0.25, 0.3) is 0 Å². The molecule has 0 unspecified atom stereocenters. The zero-order chi connectivity index (χ0) is 19.3. The van der Waals surface area contributed by atoms with Crippen LogP contribution in [0.5, 0.6) is 11.5 Å². The highest BCUT2D eigenvalue weighted by Crippen LogP contribution is 2.35. The molecule has 0 amide bonds. The number of benzene rings is 1. The van der Waals surface area contributed by atoms with E-state index in [-0.39, 0.29) is 6.61 Å². The third kappa shape index (κ3) is 12.9. The van der Waals surface area contributed by atoms with Crippen LogP contribution in [-0.4, -0.2) is 42.8 Å². The van der Waals surface area contributed by atoms with Crippen molar-refractivity contribution in [1.82, 2.24) is 0 Å². The van der Waals surface area contributed by atoms with Crippen LogP contribution in [0.3, 0.4) is 0 Å². The van der Waals surface area contributed by atoms with Gasteiger partial charge in [0.1, 0.15) is 11.5 Å². The van der Waals surface area contributed by atoms with Crippen LogP contribution in [0, 0.1) is 0 Å². The van der Waals surface area contributed by atoms with Gasteiger partial charge < -0.3 is 24.0 Å². The van der Waals surface area contributed by atoms with Gasteiger partial charge in [0, 0.05) is 12.7 Å². The van der Waals surface area contributed by atoms with Crippen molar-refractivity contribution in [3.8, 4) is 11.5 Å². The van der Waals surface area contributed by atoms with Gasteiger partial charge in [-0.1, -0.05) is 18.2 Å². The SMILES string of the molecule is C=C(C)COCCCCOc1cccc(OCCCCOP(=O)(O)O)c1. The first-order valence-electron chi connectivity index (χ1n) is 8.65. The Morgan fingerprint density at radius 3 is 2.08 bits per heavy atom. The molecule has 0 aliphatic heterocycles. The van der Waals surface area contributed by atoms with Crippen LogP contribution >= 0.6 is 7.82 Å². The van der Waals surface area contributed by atoms with Crippen molar-refractivity contribution >= 4 is 7.82 Å². The van der Waals surface area contributed by atoms with Crippen molar-refractivity contribution in [2.24, 2.45) is 0 Å². The molecular formula is C18H29O7P. The van der Waals surface area contributed by atoms with Gasteiger partial charge in [0.05, 0.1) is 26.4 Å². The number of ether oxygens (including phenoxy) is 3. The molecule has 8 heteroatoms. The van der Waals surface area contributed by atoms with Crippen molar-refractivity contribution < 1.29 is 33.1 Å². The minimum atomic E-state index is -4.37. The van der Waals surface area contributed by atoms with Crippen molar-refractivity contribution in [1.29, 1.82) is 0 Å². The van der Waals surface area contributed by atoms with Crippen LogP contribution in [-0.2, 0) is 13.8 Å². The molecule has 1 aromatic carbocycles. The minimum absolute atomic E-state index is 0.00682. The summed E-state index contributed by atoms with van der Waals surface area (Å²) in [5, 5.41) is 0. The number of hydrogen-bond donors (Lipinski definition) is 2. The van der Waals surface area contributed by atoms with Crippen molar-refractivity contribution in [2.45, 2.75) is 32.6 Å². The fourth-order valence-electron chi connectivity index (χ4n) is 1.97. The summed E-state index contributed by atoms with van der Waals surface area (Å²) in [5.74, 6) is 1.44. The van der Waals surface area contributed by atoms with Crippen LogP contribution < -0.4 is 9.47 Å². The van der Waals surface area contributed by atoms with Gasteiger partial charge in [-0.2, -0.15) is 0 Å². The molecule has 0 atom stereocenters. The highest BCUT2D eigenvalue weighted by atomic mass is 31.2. The summed E-state index contributed by atoms with van der Waals surface area (Å²) < 4.78 is 31.6. The molecule has 0 aromatic heterocycles. The summed E-state index contributed by atoms with van der Waals surface area (Å²) in [4.78, 5) is 17.1. The summed E-state index contributed by atoms with van der Waals surface area (Å²) in [7, 11) is -4.37. The second-order valence-corrected chi connectivity index (χ2v) is 7.16. The monoisotopic (exact) mass is 388 g/mol. The predicted octanol–water partition coefficient (Wildman–Crippen LogP) is 3.71. The first kappa shape index (κ1) is 22.7. The van der Waals surface area contributed by atoms with E-state index in [4.69, 9.17) is 24.0 Å². The first-order chi connectivity index (χ1) is 12.4. The average Bonchev–Trinajstić information content (AvgIpc) is 2.56. The Morgan fingerprint density at radius 1 is 1.00 bits per heavy atom. The highest BCUT2D eigenvalue weighted by Gasteiger charge is 2.12. The standard InChI is InChI=1S/C18H29O7P/c1-16(2)15-22-10-3-4-11-23-17-8-7-9-18(14-17)24-12-5-6-13-25-26(19,20)21/h7-9,14H,1,3-6,10-13,15H2,2H3,(H2,19,20,21). The molecule has 148 valence electrons. The van der Waals surface area contributed by atoms with Gasteiger partial charge in [-0.15, -0.1) is 0 Å². The molecule has 7 nitrogen and oxygen atoms in total. The maximum Gasteiger partial charge on any atom is 0.469 e. The van der Waals surface area contributed by atoms with E-state index in [0.29, 0.717) is 45.0 Å². The Morgan fingerprint density at radius 2 is 1.54 bits per heavy atom. The van der Waals surface area contributed by atoms with Crippen LogP contribution in [0.2, 0.25) is 0 Å². The van der Waals surface area contributed by atoms with E-state index < -0.39 is 7.82 Å². The molecule has 0 aliphatic rings. The van der Waals surface area contributed by atoms with Gasteiger partial charge >= 0.3 is 7.82 Å². The molecule has 0 radical (unpaired) electrons. The van der Waals surface area contributed by atoms with E-state index in [1.54, 1.807) is 0 Å². The topological polar surface area (TPSA) is 94.5 Å². The van der Waals surface area contributed by atoms with E-state index in [1.165, 1.54) is 0 Å². The normalized spacial score (nSPS) is 11.3. The molecular weight excluding hydrogens is 359 g/mol. The Balaban J connectivity index is 2.12. The molecule has 0 spiro atoms. The zero-order valence-electron chi connectivity index (χ0n) is 15.3. The highest BCUT2D eigenvalue weighted by molar-refractivity contribution is 7.46. The molecule has 0 saturated heterocycles. The van der Waals surface area contributed by atoms with Crippen molar-refractivity contribution in [3.63, 3.8) is 0 Å². The lowest BCUT2D eigenvalue weighted by Crippen LogP contribution is -2.03. The van der Waals surface area contributed by atoms with Gasteiger partial charge in [0.2, 0.25) is 0 Å². The minimum Gasteiger partial charge on any atom is -0.493 e. The molecule has 2 N–H and O–H groups in total. The molecule has 0 aliphatic carbocycles. The number of phosphoric acid groups is 1. The quantitative estimate of drug-likeness (QED) is 0.269. The molecule has 0 fully saturated rings. The van der Waals surface area contributed by atoms with Gasteiger partial charge in [-0.3, -0.25) is 4.52 Å². The molecule has 0 heterocycles. The Kier molecular flexibility index (Phi) is 11.2. The lowest BCUT2D eigenvalue weighted by molar-refractivity contribution is 0.147. The summed E-state index contributed by atoms with van der Waals surface area (Å²) in [6.45, 7) is 8.08. The predicted molar refractivity (Wildman–Crippen MR) is 99.5 cm³/mol. The van der Waals surface area contributed by atoms with Crippen LogP contribution in [0.4, 0.5) is 0 Å². The Hall–Kier alpha value is -1.37. The van der Waals surface area contributed by atoms with E-state index in [2.05, 4.69) is 11.1 Å². The third-order valence-electron chi connectivity index (χ3n) is 3.17. The summed E-state index contributed by atoms with van der Waals surface area (Å²) in [6, 6.07) is 7.39. The summed E-state index contributed by atoms with van der Waals surface area (Å²) >= 11 is 0. The van der Waals surface area contributed by atoms with Crippen LogP contribution in [0.1, 0.15) is 32.6 Å². The van der Waals surface area contributed by atoms with Crippen molar-refractivity contribution in [2.75, 3.05) is 33.0 Å². The van der Waals surface area contributed by atoms with Crippen LogP contribution in [0.25, 0.3) is 0 Å². The molecule has 1 rings (SSSR count). The average molecular weight is 388 g/mol. The molecule has 0 bridgehead atoms. The fourth-order valence-corrected chi connectivity index (χ4v) is 2.34. The number of phosphoric ester groups is 1. The maximum absolute atomic E-state index is 10.5. The fraction of sp³-hybridized carbons (Fsp3) is 0.556. The van der Waals surface area contributed by atoms with E-state index in [1.807, 2.05) is 31.2 Å². The number of rotatable bonds is 15. The summed E-state index contributed by atoms with van der Waals surface area (Å²) in [5.41, 5.74) is 1.02. The smallest absolute Gasteiger partial charge is 0.469 e. The van der Waals surface area contributed by atoms with E-state index >= 15 is 0 Å². The number of hydrogen-bond acceptors (Lipinski definition) is 5. The lowest BCUT2D eigenvalue weighted by Gasteiger charge is -2.10. The van der Waals surface area contributed by atoms with E-state index in [9.17, 15) is 4.57 Å². The second-order valence-electron chi connectivity index (χ2n) is 5.92. The van der Waals surface area contributed by atoms with Crippen molar-refractivity contribution in [3.05, 3.63) is 36.4 Å². The molecule has 0 saturated carbocycles. The second kappa shape index (κ2) is 12.9. The van der Waals surface area contributed by atoms with Gasteiger partial charge in [-0.05, 0) is 44.7 Å². The molecule has 1 aromatic rings. The zero-order valence-corrected chi connectivity index (χ0v) is 16.2. The third-order valence-corrected chi connectivity index (χ3v) is 3.69. The van der Waals surface area contributed by atoms with E-state index in [0.717, 1.165) is 24.2 Å². The molecule has 26 heavy (non-hydrogen) atoms.